The second-order valence-electron chi connectivity index (χ2n) is 4.46. The summed E-state index contributed by atoms with van der Waals surface area (Å²) in [6, 6.07) is 1.63. The molecule has 1 atom stereocenters. The smallest absolute Gasteiger partial charge is 0.152 e. The first-order valence-electron chi connectivity index (χ1n) is 5.61. The van der Waals surface area contributed by atoms with Crippen LogP contribution in [-0.4, -0.2) is 43.1 Å². The molecule has 1 aliphatic heterocycles. The van der Waals surface area contributed by atoms with Crippen molar-refractivity contribution < 1.29 is 13.5 Å². The molecule has 1 N–H and O–H groups in total. The number of sulfone groups is 1. The highest BCUT2D eigenvalue weighted by Gasteiger charge is 2.31. The van der Waals surface area contributed by atoms with Gasteiger partial charge in [-0.25, -0.2) is 13.4 Å². The lowest BCUT2D eigenvalue weighted by atomic mass is 10.2. The molecule has 18 heavy (non-hydrogen) atoms. The van der Waals surface area contributed by atoms with E-state index in [-0.39, 0.29) is 24.2 Å². The van der Waals surface area contributed by atoms with Crippen LogP contribution >= 0.6 is 11.6 Å². The van der Waals surface area contributed by atoms with E-state index in [4.69, 9.17) is 16.7 Å². The zero-order valence-corrected chi connectivity index (χ0v) is 11.6. The van der Waals surface area contributed by atoms with Gasteiger partial charge in [-0.1, -0.05) is 11.6 Å². The quantitative estimate of drug-likeness (QED) is 0.894. The van der Waals surface area contributed by atoms with Crippen LogP contribution in [0.1, 0.15) is 12.0 Å². The number of halogens is 1. The van der Waals surface area contributed by atoms with E-state index >= 15 is 0 Å². The molecule has 1 aromatic heterocycles. The molecule has 0 saturated carbocycles. The Labute approximate surface area is 111 Å². The van der Waals surface area contributed by atoms with Crippen LogP contribution in [0.4, 0.5) is 5.82 Å². The van der Waals surface area contributed by atoms with Crippen LogP contribution in [-0.2, 0) is 16.4 Å². The van der Waals surface area contributed by atoms with Crippen molar-refractivity contribution in [2.24, 2.45) is 0 Å². The largest absolute Gasteiger partial charge is 0.392 e. The molecular formula is C11H15ClN2O3S. The monoisotopic (exact) mass is 290 g/mol. The van der Waals surface area contributed by atoms with Gasteiger partial charge in [0.05, 0.1) is 23.1 Å². The minimum Gasteiger partial charge on any atom is -0.392 e. The van der Waals surface area contributed by atoms with Gasteiger partial charge in [0.1, 0.15) is 5.82 Å². The van der Waals surface area contributed by atoms with E-state index in [2.05, 4.69) is 4.98 Å². The molecule has 0 amide bonds. The lowest BCUT2D eigenvalue weighted by Crippen LogP contribution is -2.33. The highest BCUT2D eigenvalue weighted by molar-refractivity contribution is 7.91. The molecular weight excluding hydrogens is 276 g/mol. The third kappa shape index (κ3) is 2.76. The molecule has 7 heteroatoms. The predicted molar refractivity (Wildman–Crippen MR) is 70.6 cm³/mol. The first kappa shape index (κ1) is 13.6. The van der Waals surface area contributed by atoms with E-state index in [1.807, 2.05) is 11.9 Å². The van der Waals surface area contributed by atoms with Crippen LogP contribution in [0.5, 0.6) is 0 Å². The number of aliphatic hydroxyl groups excluding tert-OH is 1. The van der Waals surface area contributed by atoms with Crippen molar-refractivity contribution in [1.29, 1.82) is 0 Å². The summed E-state index contributed by atoms with van der Waals surface area (Å²) in [5, 5.41) is 9.56. The standard InChI is InChI=1S/C11H15ClN2O3S/c1-14(9-2-3-18(16,17)7-9)11-4-8(6-15)10(12)5-13-11/h4-5,9,15H,2-3,6-7H2,1H3. The van der Waals surface area contributed by atoms with E-state index in [1.165, 1.54) is 6.20 Å². The van der Waals surface area contributed by atoms with Gasteiger partial charge < -0.3 is 10.0 Å². The van der Waals surface area contributed by atoms with E-state index in [9.17, 15) is 8.42 Å². The SMILES string of the molecule is CN(c1cc(CO)c(Cl)cn1)C1CCS(=O)(=O)C1. The van der Waals surface area contributed by atoms with Crippen LogP contribution < -0.4 is 4.90 Å². The van der Waals surface area contributed by atoms with Crippen LogP contribution in [0.25, 0.3) is 0 Å². The molecule has 5 nitrogen and oxygen atoms in total. The zero-order valence-electron chi connectivity index (χ0n) is 10.0. The highest BCUT2D eigenvalue weighted by atomic mass is 35.5. The lowest BCUT2D eigenvalue weighted by Gasteiger charge is -2.24. The predicted octanol–water partition coefficient (Wildman–Crippen LogP) is 0.851. The average molecular weight is 291 g/mol. The van der Waals surface area contributed by atoms with Gasteiger partial charge in [-0.3, -0.25) is 0 Å². The Balaban J connectivity index is 2.21. The number of hydrogen-bond donors (Lipinski definition) is 1. The number of pyridine rings is 1. The summed E-state index contributed by atoms with van der Waals surface area (Å²) in [6.45, 7) is -0.162. The summed E-state index contributed by atoms with van der Waals surface area (Å²) in [7, 11) is -1.11. The van der Waals surface area contributed by atoms with Crippen molar-refractivity contribution in [3.63, 3.8) is 0 Å². The van der Waals surface area contributed by atoms with Crippen LogP contribution in [0.2, 0.25) is 5.02 Å². The summed E-state index contributed by atoms with van der Waals surface area (Å²) in [5.74, 6) is 1.01. The normalized spacial score (nSPS) is 22.1. The Morgan fingerprint density at radius 3 is 2.89 bits per heavy atom. The van der Waals surface area contributed by atoms with Crippen molar-refractivity contribution in [2.75, 3.05) is 23.5 Å². The Morgan fingerprint density at radius 1 is 1.61 bits per heavy atom. The van der Waals surface area contributed by atoms with Crippen LogP contribution in [0.15, 0.2) is 12.3 Å². The number of aromatic nitrogens is 1. The minimum atomic E-state index is -2.92. The first-order chi connectivity index (χ1) is 8.43. The molecule has 0 aliphatic carbocycles. The van der Waals surface area contributed by atoms with E-state index in [1.54, 1.807) is 6.07 Å². The fraction of sp³-hybridized carbons (Fsp3) is 0.545. The van der Waals surface area contributed by atoms with E-state index in [0.717, 1.165) is 0 Å². The minimum absolute atomic E-state index is 0.0600. The Bertz CT molecular complexity index is 547. The Kier molecular flexibility index (Phi) is 3.79. The maximum Gasteiger partial charge on any atom is 0.152 e. The number of rotatable bonds is 3. The van der Waals surface area contributed by atoms with E-state index in [0.29, 0.717) is 22.8 Å². The summed E-state index contributed by atoms with van der Waals surface area (Å²) in [5.41, 5.74) is 0.592. The fourth-order valence-corrected chi connectivity index (χ4v) is 3.99. The number of nitrogens with zero attached hydrogens (tertiary/aromatic N) is 2. The molecule has 1 unspecified atom stereocenters. The van der Waals surface area contributed by atoms with Gasteiger partial charge in [0, 0.05) is 24.8 Å². The molecule has 2 rings (SSSR count). The van der Waals surface area contributed by atoms with Gasteiger partial charge in [-0.2, -0.15) is 0 Å². The van der Waals surface area contributed by atoms with Crippen molar-refractivity contribution in [1.82, 2.24) is 4.98 Å². The first-order valence-corrected chi connectivity index (χ1v) is 7.81. The van der Waals surface area contributed by atoms with Gasteiger partial charge >= 0.3 is 0 Å². The average Bonchev–Trinajstić information content (AvgIpc) is 2.69. The van der Waals surface area contributed by atoms with Crippen molar-refractivity contribution in [2.45, 2.75) is 19.1 Å². The number of hydrogen-bond acceptors (Lipinski definition) is 5. The van der Waals surface area contributed by atoms with Crippen molar-refractivity contribution in [3.05, 3.63) is 22.8 Å². The van der Waals surface area contributed by atoms with Crippen LogP contribution in [0.3, 0.4) is 0 Å². The van der Waals surface area contributed by atoms with Gasteiger partial charge in [-0.05, 0) is 12.5 Å². The maximum absolute atomic E-state index is 11.4. The zero-order chi connectivity index (χ0) is 13.3. The summed E-state index contributed by atoms with van der Waals surface area (Å²) in [4.78, 5) is 6.00. The molecule has 1 saturated heterocycles. The fourth-order valence-electron chi connectivity index (χ4n) is 2.05. The molecule has 2 heterocycles. The lowest BCUT2D eigenvalue weighted by molar-refractivity contribution is 0.282. The Morgan fingerprint density at radius 2 is 2.33 bits per heavy atom. The summed E-state index contributed by atoms with van der Waals surface area (Å²) >= 11 is 5.87. The molecule has 1 fully saturated rings. The molecule has 100 valence electrons. The summed E-state index contributed by atoms with van der Waals surface area (Å²) in [6.07, 6.45) is 2.08. The third-order valence-corrected chi connectivity index (χ3v) is 5.30. The molecule has 0 aromatic carbocycles. The van der Waals surface area contributed by atoms with Gasteiger partial charge in [0.15, 0.2) is 9.84 Å². The number of anilines is 1. The number of aliphatic hydroxyl groups is 1. The van der Waals surface area contributed by atoms with Crippen molar-refractivity contribution in [3.8, 4) is 0 Å². The molecule has 0 radical (unpaired) electrons. The molecule has 1 aliphatic rings. The Hall–Kier alpha value is -0.850. The maximum atomic E-state index is 11.4. The second kappa shape index (κ2) is 5.03. The molecule has 0 spiro atoms. The highest BCUT2D eigenvalue weighted by Crippen LogP contribution is 2.24. The molecule has 0 bridgehead atoms. The van der Waals surface area contributed by atoms with Gasteiger partial charge in [-0.15, -0.1) is 0 Å². The summed E-state index contributed by atoms with van der Waals surface area (Å²) < 4.78 is 22.9. The topological polar surface area (TPSA) is 70.5 Å². The third-order valence-electron chi connectivity index (χ3n) is 3.21. The second-order valence-corrected chi connectivity index (χ2v) is 7.10. The van der Waals surface area contributed by atoms with Crippen molar-refractivity contribution >= 4 is 27.3 Å². The van der Waals surface area contributed by atoms with Crippen LogP contribution in [0, 0.1) is 0 Å². The van der Waals surface area contributed by atoms with Gasteiger partial charge in [0.2, 0.25) is 0 Å². The van der Waals surface area contributed by atoms with E-state index < -0.39 is 9.84 Å². The van der Waals surface area contributed by atoms with Gasteiger partial charge in [0.25, 0.3) is 0 Å². The molecule has 1 aromatic rings.